The molecule has 0 bridgehead atoms. The molecule has 26 heavy (non-hydrogen) atoms. The Kier molecular flexibility index (Phi) is 5.45. The number of benzene rings is 3. The Labute approximate surface area is 154 Å². The zero-order chi connectivity index (χ0) is 18.4. The van der Waals surface area contributed by atoms with Crippen molar-refractivity contribution in [1.29, 1.82) is 0 Å². The molecule has 0 amide bonds. The van der Waals surface area contributed by atoms with Gasteiger partial charge in [0.25, 0.3) is 0 Å². The van der Waals surface area contributed by atoms with Gasteiger partial charge in [0, 0.05) is 16.7 Å². The highest BCUT2D eigenvalue weighted by atomic mass is 16.5. The predicted molar refractivity (Wildman–Crippen MR) is 106 cm³/mol. The molecule has 2 heteroatoms. The summed E-state index contributed by atoms with van der Waals surface area (Å²) in [6.07, 6.45) is 0. The van der Waals surface area contributed by atoms with Gasteiger partial charge in [-0.3, -0.25) is 0 Å². The third kappa shape index (κ3) is 3.98. The van der Waals surface area contributed by atoms with Crippen LogP contribution in [0.4, 0.5) is 0 Å². The molecule has 3 rings (SSSR count). The van der Waals surface area contributed by atoms with Gasteiger partial charge in [-0.05, 0) is 18.1 Å². The van der Waals surface area contributed by atoms with Crippen molar-refractivity contribution in [3.63, 3.8) is 0 Å². The second-order valence-electron chi connectivity index (χ2n) is 5.97. The van der Waals surface area contributed by atoms with Crippen LogP contribution in [0.1, 0.15) is 23.6 Å². The molecule has 0 radical (unpaired) electrons. The third-order valence-corrected chi connectivity index (χ3v) is 3.93. The minimum absolute atomic E-state index is 0.360. The first-order valence-corrected chi connectivity index (χ1v) is 8.45. The summed E-state index contributed by atoms with van der Waals surface area (Å²) in [5, 5.41) is 0. The van der Waals surface area contributed by atoms with Gasteiger partial charge in [0.15, 0.2) is 0 Å². The highest BCUT2D eigenvalue weighted by molar-refractivity contribution is 6.01. The topological polar surface area (TPSA) is 26.3 Å². The zero-order valence-electron chi connectivity index (χ0n) is 14.7. The second kappa shape index (κ2) is 8.13. The molecule has 0 unspecified atom stereocenters. The normalized spacial score (nSPS) is 10.0. The maximum absolute atomic E-state index is 12.3. The fraction of sp³-hybridized carbons (Fsp3) is 0.0417. The first kappa shape index (κ1) is 17.4. The van der Waals surface area contributed by atoms with Crippen LogP contribution in [0, 0.1) is 0 Å². The molecular weight excluding hydrogens is 320 g/mol. The summed E-state index contributed by atoms with van der Waals surface area (Å²) in [6.45, 7) is 5.36. The number of carbonyl (C=O) groups excluding carboxylic acids is 1. The fourth-order valence-electron chi connectivity index (χ4n) is 2.66. The molecular formula is C24H20O2. The highest BCUT2D eigenvalue weighted by Gasteiger charge is 2.18. The van der Waals surface area contributed by atoms with Crippen LogP contribution in [-0.4, -0.2) is 5.97 Å². The van der Waals surface area contributed by atoms with Crippen molar-refractivity contribution < 1.29 is 9.53 Å². The summed E-state index contributed by atoms with van der Waals surface area (Å²) in [5.41, 5.74) is 4.02. The fourth-order valence-corrected chi connectivity index (χ4v) is 2.66. The number of hydrogen-bond donors (Lipinski definition) is 0. The molecule has 0 heterocycles. The number of esters is 1. The molecule has 128 valence electrons. The Hall–Kier alpha value is -3.39. The smallest absolute Gasteiger partial charge is 0.338 e. The van der Waals surface area contributed by atoms with Crippen LogP contribution in [0.15, 0.2) is 103 Å². The van der Waals surface area contributed by atoms with Crippen molar-refractivity contribution in [3.05, 3.63) is 120 Å². The lowest BCUT2D eigenvalue weighted by Gasteiger charge is -2.17. The summed E-state index contributed by atoms with van der Waals surface area (Å²) in [4.78, 5) is 12.3. The summed E-state index contributed by atoms with van der Waals surface area (Å²) in [6, 6.07) is 29.6. The third-order valence-electron chi connectivity index (χ3n) is 3.93. The van der Waals surface area contributed by atoms with Crippen LogP contribution >= 0.6 is 0 Å². The van der Waals surface area contributed by atoms with Gasteiger partial charge in [0.1, 0.15) is 5.76 Å². The molecule has 0 aliphatic carbocycles. The highest BCUT2D eigenvalue weighted by Crippen LogP contribution is 2.33. The molecule has 2 nitrogen and oxygen atoms in total. The van der Waals surface area contributed by atoms with Gasteiger partial charge < -0.3 is 4.74 Å². The number of carbonyl (C=O) groups is 1. The van der Waals surface area contributed by atoms with Gasteiger partial charge in [-0.2, -0.15) is 0 Å². The van der Waals surface area contributed by atoms with Gasteiger partial charge >= 0.3 is 5.97 Å². The predicted octanol–water partition coefficient (Wildman–Crippen LogP) is 5.72. The summed E-state index contributed by atoms with van der Waals surface area (Å²) < 4.78 is 5.81. The second-order valence-corrected chi connectivity index (χ2v) is 5.97. The van der Waals surface area contributed by atoms with Gasteiger partial charge in [-0.1, -0.05) is 97.6 Å². The van der Waals surface area contributed by atoms with Crippen molar-refractivity contribution in [2.75, 3.05) is 0 Å². The Morgan fingerprint density at radius 3 is 1.46 bits per heavy atom. The molecule has 0 fully saturated rings. The zero-order valence-corrected chi connectivity index (χ0v) is 14.7. The Morgan fingerprint density at radius 1 is 0.692 bits per heavy atom. The first-order valence-electron chi connectivity index (χ1n) is 8.45. The van der Waals surface area contributed by atoms with Crippen molar-refractivity contribution in [1.82, 2.24) is 0 Å². The Bertz CT molecular complexity index is 882. The van der Waals surface area contributed by atoms with Crippen LogP contribution in [0.5, 0.6) is 0 Å². The Morgan fingerprint density at radius 2 is 1.08 bits per heavy atom. The molecule has 0 saturated carbocycles. The minimum Gasteiger partial charge on any atom is -0.422 e. The van der Waals surface area contributed by atoms with Crippen LogP contribution in [0.3, 0.4) is 0 Å². The Balaban J connectivity index is 2.29. The SMILES string of the molecule is C=C(C)C(=O)OC(=C(c1ccccc1)c1ccccc1)c1ccccc1. The average Bonchev–Trinajstić information content (AvgIpc) is 2.69. The average molecular weight is 340 g/mol. The monoisotopic (exact) mass is 340 g/mol. The van der Waals surface area contributed by atoms with E-state index in [2.05, 4.69) is 6.58 Å². The van der Waals surface area contributed by atoms with Crippen LogP contribution < -0.4 is 0 Å². The van der Waals surface area contributed by atoms with E-state index in [1.165, 1.54) is 0 Å². The summed E-state index contributed by atoms with van der Waals surface area (Å²) >= 11 is 0. The summed E-state index contributed by atoms with van der Waals surface area (Å²) in [7, 11) is 0. The number of ether oxygens (including phenoxy) is 1. The van der Waals surface area contributed by atoms with E-state index in [1.54, 1.807) is 6.92 Å². The van der Waals surface area contributed by atoms with Gasteiger partial charge in [0.05, 0.1) is 0 Å². The van der Waals surface area contributed by atoms with E-state index >= 15 is 0 Å². The quantitative estimate of drug-likeness (QED) is 0.257. The van der Waals surface area contributed by atoms with E-state index in [0.717, 1.165) is 22.3 Å². The van der Waals surface area contributed by atoms with Gasteiger partial charge in [-0.25, -0.2) is 4.79 Å². The van der Waals surface area contributed by atoms with Crippen LogP contribution in [0.25, 0.3) is 11.3 Å². The standard InChI is InChI=1S/C24H20O2/c1-18(2)24(25)26-23(21-16-10-5-11-17-21)22(19-12-6-3-7-13-19)20-14-8-4-9-15-20/h3-17H,1H2,2H3. The molecule has 0 aromatic heterocycles. The van der Waals surface area contributed by atoms with E-state index in [0.29, 0.717) is 11.3 Å². The molecule has 0 N–H and O–H groups in total. The maximum Gasteiger partial charge on any atom is 0.338 e. The number of hydrogen-bond acceptors (Lipinski definition) is 2. The van der Waals surface area contributed by atoms with Gasteiger partial charge in [0.2, 0.25) is 0 Å². The van der Waals surface area contributed by atoms with Gasteiger partial charge in [-0.15, -0.1) is 0 Å². The van der Waals surface area contributed by atoms with E-state index in [-0.39, 0.29) is 0 Å². The molecule has 0 aliphatic rings. The molecule has 0 atom stereocenters. The van der Waals surface area contributed by atoms with Crippen molar-refractivity contribution in [2.45, 2.75) is 6.92 Å². The minimum atomic E-state index is -0.437. The largest absolute Gasteiger partial charge is 0.422 e. The van der Waals surface area contributed by atoms with Crippen molar-refractivity contribution >= 4 is 17.3 Å². The first-order chi connectivity index (χ1) is 12.7. The van der Waals surface area contributed by atoms with E-state index in [1.807, 2.05) is 91.0 Å². The maximum atomic E-state index is 12.3. The van der Waals surface area contributed by atoms with E-state index in [9.17, 15) is 4.79 Å². The molecule has 0 spiro atoms. The lowest BCUT2D eigenvalue weighted by molar-refractivity contribution is -0.132. The van der Waals surface area contributed by atoms with E-state index < -0.39 is 5.97 Å². The molecule has 3 aromatic rings. The van der Waals surface area contributed by atoms with E-state index in [4.69, 9.17) is 4.74 Å². The lowest BCUT2D eigenvalue weighted by atomic mass is 9.94. The van der Waals surface area contributed by atoms with Crippen molar-refractivity contribution in [2.24, 2.45) is 0 Å². The molecule has 3 aromatic carbocycles. The van der Waals surface area contributed by atoms with Crippen LogP contribution in [-0.2, 0) is 9.53 Å². The van der Waals surface area contributed by atoms with Crippen LogP contribution in [0.2, 0.25) is 0 Å². The molecule has 0 aliphatic heterocycles. The molecule has 0 saturated heterocycles. The van der Waals surface area contributed by atoms with Crippen molar-refractivity contribution in [3.8, 4) is 0 Å². The lowest BCUT2D eigenvalue weighted by Crippen LogP contribution is -2.07. The number of rotatable bonds is 5. The summed E-state index contributed by atoms with van der Waals surface area (Å²) in [5.74, 6) is 0.0872.